The van der Waals surface area contributed by atoms with Gasteiger partial charge in [0.25, 0.3) is 0 Å². The SMILES string of the molecule is O=C1C=C2CO[C@H]3CCCC[C@H]1[C@H]23. The van der Waals surface area contributed by atoms with Crippen molar-refractivity contribution in [3.63, 3.8) is 0 Å². The summed E-state index contributed by atoms with van der Waals surface area (Å²) in [7, 11) is 0. The number of ether oxygens (including phenoxy) is 1. The van der Waals surface area contributed by atoms with Gasteiger partial charge in [-0.25, -0.2) is 0 Å². The summed E-state index contributed by atoms with van der Waals surface area (Å²) in [6.07, 6.45) is 6.90. The minimum Gasteiger partial charge on any atom is -0.373 e. The topological polar surface area (TPSA) is 26.3 Å². The van der Waals surface area contributed by atoms with Crippen molar-refractivity contribution >= 4 is 5.78 Å². The molecule has 13 heavy (non-hydrogen) atoms. The molecule has 0 radical (unpaired) electrons. The van der Waals surface area contributed by atoms with Crippen LogP contribution in [0.2, 0.25) is 0 Å². The number of hydrogen-bond donors (Lipinski definition) is 0. The van der Waals surface area contributed by atoms with E-state index in [-0.39, 0.29) is 5.92 Å². The van der Waals surface area contributed by atoms with Crippen molar-refractivity contribution in [2.45, 2.75) is 31.8 Å². The first-order chi connectivity index (χ1) is 6.36. The molecule has 0 unspecified atom stereocenters. The predicted molar refractivity (Wildman–Crippen MR) is 48.3 cm³/mol. The second-order valence-corrected chi connectivity index (χ2v) is 4.39. The molecular formula is C11H14O2. The van der Waals surface area contributed by atoms with Crippen molar-refractivity contribution in [3.8, 4) is 0 Å². The zero-order chi connectivity index (χ0) is 8.84. The summed E-state index contributed by atoms with van der Waals surface area (Å²) >= 11 is 0. The minimum atomic E-state index is 0.282. The van der Waals surface area contributed by atoms with E-state index in [0.717, 1.165) is 19.4 Å². The molecule has 0 aromatic rings. The molecule has 1 saturated heterocycles. The van der Waals surface area contributed by atoms with Crippen LogP contribution < -0.4 is 0 Å². The van der Waals surface area contributed by atoms with Crippen LogP contribution in [-0.2, 0) is 9.53 Å². The van der Waals surface area contributed by atoms with Crippen molar-refractivity contribution < 1.29 is 9.53 Å². The van der Waals surface area contributed by atoms with Crippen LogP contribution in [0.1, 0.15) is 25.7 Å². The van der Waals surface area contributed by atoms with Crippen LogP contribution in [0.25, 0.3) is 0 Å². The molecule has 2 aliphatic carbocycles. The molecule has 3 rings (SSSR count). The lowest BCUT2D eigenvalue weighted by atomic mass is 9.86. The first-order valence-electron chi connectivity index (χ1n) is 5.22. The van der Waals surface area contributed by atoms with E-state index in [1.54, 1.807) is 0 Å². The van der Waals surface area contributed by atoms with Crippen LogP contribution in [0, 0.1) is 11.8 Å². The molecule has 1 heterocycles. The zero-order valence-corrected chi connectivity index (χ0v) is 7.66. The standard InChI is InChI=1S/C11H14O2/c12-9-5-7-6-13-10-4-2-1-3-8(9)11(7)10/h5,8,10-11H,1-4,6H2/t8-,10+,11+/m1/s1. The summed E-state index contributed by atoms with van der Waals surface area (Å²) in [5.41, 5.74) is 1.28. The van der Waals surface area contributed by atoms with Gasteiger partial charge in [0.1, 0.15) is 0 Å². The molecule has 2 nitrogen and oxygen atoms in total. The summed E-state index contributed by atoms with van der Waals surface area (Å²) in [6, 6.07) is 0. The van der Waals surface area contributed by atoms with Gasteiger partial charge >= 0.3 is 0 Å². The van der Waals surface area contributed by atoms with E-state index in [9.17, 15) is 4.79 Å². The quantitative estimate of drug-likeness (QED) is 0.564. The molecule has 3 aliphatic rings. The van der Waals surface area contributed by atoms with E-state index < -0.39 is 0 Å². The molecule has 3 atom stereocenters. The third-order valence-corrected chi connectivity index (χ3v) is 3.67. The molecule has 0 N–H and O–H groups in total. The molecule has 0 spiro atoms. The fourth-order valence-corrected chi connectivity index (χ4v) is 3.06. The highest BCUT2D eigenvalue weighted by Gasteiger charge is 2.45. The van der Waals surface area contributed by atoms with Crippen molar-refractivity contribution in [2.24, 2.45) is 11.8 Å². The summed E-state index contributed by atoms with van der Waals surface area (Å²) in [4.78, 5) is 11.6. The Labute approximate surface area is 78.0 Å². The van der Waals surface area contributed by atoms with E-state index >= 15 is 0 Å². The molecule has 0 aromatic carbocycles. The van der Waals surface area contributed by atoms with Gasteiger partial charge in [-0.2, -0.15) is 0 Å². The summed E-state index contributed by atoms with van der Waals surface area (Å²) in [6.45, 7) is 0.720. The van der Waals surface area contributed by atoms with Crippen LogP contribution in [0.3, 0.4) is 0 Å². The largest absolute Gasteiger partial charge is 0.373 e. The lowest BCUT2D eigenvalue weighted by Crippen LogP contribution is -2.23. The minimum absolute atomic E-state index is 0.282. The van der Waals surface area contributed by atoms with Crippen molar-refractivity contribution in [1.29, 1.82) is 0 Å². The van der Waals surface area contributed by atoms with Gasteiger partial charge in [0.05, 0.1) is 12.7 Å². The summed E-state index contributed by atoms with van der Waals surface area (Å²) < 4.78 is 5.70. The van der Waals surface area contributed by atoms with Crippen molar-refractivity contribution in [1.82, 2.24) is 0 Å². The Kier molecular flexibility index (Phi) is 1.59. The highest BCUT2D eigenvalue weighted by atomic mass is 16.5. The first-order valence-corrected chi connectivity index (χ1v) is 5.22. The monoisotopic (exact) mass is 178 g/mol. The average molecular weight is 178 g/mol. The molecule has 1 aliphatic heterocycles. The summed E-state index contributed by atoms with van der Waals surface area (Å²) in [5, 5.41) is 0. The molecule has 0 aromatic heterocycles. The van der Waals surface area contributed by atoms with Gasteiger partial charge in [-0.3, -0.25) is 4.79 Å². The fraction of sp³-hybridized carbons (Fsp3) is 0.727. The molecule has 1 saturated carbocycles. The molecule has 70 valence electrons. The van der Waals surface area contributed by atoms with E-state index in [4.69, 9.17) is 4.74 Å². The summed E-state index contributed by atoms with van der Waals surface area (Å²) in [5.74, 6) is 1.12. The maximum Gasteiger partial charge on any atom is 0.159 e. The number of ketones is 1. The zero-order valence-electron chi connectivity index (χ0n) is 7.66. The van der Waals surface area contributed by atoms with Gasteiger partial charge < -0.3 is 4.74 Å². The lowest BCUT2D eigenvalue weighted by Gasteiger charge is -2.18. The maximum absolute atomic E-state index is 11.6. The Balaban J connectivity index is 1.98. The lowest BCUT2D eigenvalue weighted by molar-refractivity contribution is -0.119. The van der Waals surface area contributed by atoms with E-state index in [2.05, 4.69) is 0 Å². The predicted octanol–water partition coefficient (Wildman–Crippen LogP) is 1.70. The number of carbonyl (C=O) groups is 1. The van der Waals surface area contributed by atoms with Crippen molar-refractivity contribution in [3.05, 3.63) is 11.6 Å². The van der Waals surface area contributed by atoms with E-state index in [0.29, 0.717) is 17.8 Å². The van der Waals surface area contributed by atoms with Gasteiger partial charge in [-0.15, -0.1) is 0 Å². The molecule has 0 amide bonds. The van der Waals surface area contributed by atoms with Gasteiger partial charge in [0.15, 0.2) is 5.78 Å². The number of allylic oxidation sites excluding steroid dienone is 1. The molecule has 0 bridgehead atoms. The average Bonchev–Trinajstić information content (AvgIpc) is 2.55. The van der Waals surface area contributed by atoms with Crippen LogP contribution >= 0.6 is 0 Å². The maximum atomic E-state index is 11.6. The van der Waals surface area contributed by atoms with Crippen molar-refractivity contribution in [2.75, 3.05) is 6.61 Å². The Morgan fingerprint density at radius 1 is 1.31 bits per heavy atom. The molecule has 2 fully saturated rings. The molecule has 2 heteroatoms. The second-order valence-electron chi connectivity index (χ2n) is 4.39. The van der Waals surface area contributed by atoms with E-state index in [1.165, 1.54) is 18.4 Å². The van der Waals surface area contributed by atoms with Crippen LogP contribution in [0.5, 0.6) is 0 Å². The van der Waals surface area contributed by atoms with Gasteiger partial charge in [0, 0.05) is 11.8 Å². The van der Waals surface area contributed by atoms with Gasteiger partial charge in [-0.05, 0) is 24.5 Å². The number of rotatable bonds is 0. The highest BCUT2D eigenvalue weighted by molar-refractivity contribution is 5.96. The second kappa shape index (κ2) is 2.68. The Hall–Kier alpha value is -0.630. The Morgan fingerprint density at radius 3 is 3.08 bits per heavy atom. The van der Waals surface area contributed by atoms with E-state index in [1.807, 2.05) is 6.08 Å². The third-order valence-electron chi connectivity index (χ3n) is 3.67. The van der Waals surface area contributed by atoms with Gasteiger partial charge in [-0.1, -0.05) is 12.8 Å². The molecular weight excluding hydrogens is 164 g/mol. The first kappa shape index (κ1) is 7.74. The normalized spacial score (nSPS) is 42.9. The third kappa shape index (κ3) is 1.01. The fourth-order valence-electron chi connectivity index (χ4n) is 3.06. The number of carbonyl (C=O) groups excluding carboxylic acids is 1. The van der Waals surface area contributed by atoms with Gasteiger partial charge in [0.2, 0.25) is 0 Å². The number of hydrogen-bond acceptors (Lipinski definition) is 2. The smallest absolute Gasteiger partial charge is 0.159 e. The Bertz CT molecular complexity index is 280. The Morgan fingerprint density at radius 2 is 2.15 bits per heavy atom. The van der Waals surface area contributed by atoms with Crippen LogP contribution in [0.4, 0.5) is 0 Å². The van der Waals surface area contributed by atoms with Crippen LogP contribution in [-0.4, -0.2) is 18.5 Å². The highest BCUT2D eigenvalue weighted by Crippen LogP contribution is 2.44. The van der Waals surface area contributed by atoms with Crippen LogP contribution in [0.15, 0.2) is 11.6 Å².